The molecule has 0 amide bonds. The number of hydrogen-bond donors (Lipinski definition) is 1. The molecule has 4 rings (SSSR count). The van der Waals surface area contributed by atoms with E-state index in [9.17, 15) is 0 Å². The van der Waals surface area contributed by atoms with E-state index in [0.717, 1.165) is 45.1 Å². The van der Waals surface area contributed by atoms with Crippen molar-refractivity contribution in [1.82, 2.24) is 15.1 Å². The van der Waals surface area contributed by atoms with E-state index in [-0.39, 0.29) is 0 Å². The number of hydrogen-bond acceptors (Lipinski definition) is 4. The van der Waals surface area contributed by atoms with E-state index >= 15 is 0 Å². The molecule has 1 N–H and O–H groups in total. The van der Waals surface area contributed by atoms with Gasteiger partial charge in [-0.15, -0.1) is 0 Å². The lowest BCUT2D eigenvalue weighted by atomic mass is 10.1. The number of morpholine rings is 1. The molecule has 134 valence electrons. The van der Waals surface area contributed by atoms with Crippen LogP contribution in [0.5, 0.6) is 0 Å². The van der Waals surface area contributed by atoms with Gasteiger partial charge in [0.05, 0.1) is 18.9 Å². The Morgan fingerprint density at radius 2 is 1.50 bits per heavy atom. The number of nitrogens with zero attached hydrogens (tertiary/aromatic N) is 3. The fraction of sp³-hybridized carbons (Fsp3) is 0.286. The van der Waals surface area contributed by atoms with Crippen LogP contribution < -0.4 is 10.2 Å². The van der Waals surface area contributed by atoms with E-state index in [1.54, 1.807) is 0 Å². The van der Waals surface area contributed by atoms with E-state index in [2.05, 4.69) is 57.8 Å². The standard InChI is InChI=1S/C21H24N4O/c1-3-8-20(24-12-14-26-15-13-24)18(6-1)16-22-17-19-7-2-4-9-21(19)25-11-5-10-23-25/h1-11,22H,12-17H2. The molecule has 26 heavy (non-hydrogen) atoms. The normalized spacial score (nSPS) is 14.5. The smallest absolute Gasteiger partial charge is 0.0690 e. The number of aromatic nitrogens is 2. The molecule has 0 spiro atoms. The molecule has 2 heterocycles. The van der Waals surface area contributed by atoms with Gasteiger partial charge in [0.2, 0.25) is 0 Å². The predicted molar refractivity (Wildman–Crippen MR) is 104 cm³/mol. The Morgan fingerprint density at radius 1 is 0.846 bits per heavy atom. The van der Waals surface area contributed by atoms with Crippen LogP contribution in [0.4, 0.5) is 5.69 Å². The molecule has 5 nitrogen and oxygen atoms in total. The van der Waals surface area contributed by atoms with Crippen LogP contribution in [-0.2, 0) is 17.8 Å². The molecule has 0 saturated carbocycles. The lowest BCUT2D eigenvalue weighted by molar-refractivity contribution is 0.122. The Balaban J connectivity index is 1.45. The van der Waals surface area contributed by atoms with Crippen molar-refractivity contribution in [2.45, 2.75) is 13.1 Å². The van der Waals surface area contributed by atoms with Gasteiger partial charge < -0.3 is 15.0 Å². The third-order valence-electron chi connectivity index (χ3n) is 4.72. The van der Waals surface area contributed by atoms with Crippen molar-refractivity contribution in [3.8, 4) is 5.69 Å². The lowest BCUT2D eigenvalue weighted by Crippen LogP contribution is -2.37. The van der Waals surface area contributed by atoms with Gasteiger partial charge in [-0.1, -0.05) is 36.4 Å². The molecule has 1 fully saturated rings. The summed E-state index contributed by atoms with van der Waals surface area (Å²) in [5.41, 5.74) is 4.99. The number of para-hydroxylation sites is 2. The van der Waals surface area contributed by atoms with Crippen LogP contribution in [0, 0.1) is 0 Å². The number of benzene rings is 2. The van der Waals surface area contributed by atoms with Gasteiger partial charge in [0, 0.05) is 44.3 Å². The summed E-state index contributed by atoms with van der Waals surface area (Å²) in [5, 5.41) is 7.96. The van der Waals surface area contributed by atoms with Gasteiger partial charge in [0.25, 0.3) is 0 Å². The van der Waals surface area contributed by atoms with Gasteiger partial charge in [0.15, 0.2) is 0 Å². The van der Waals surface area contributed by atoms with Gasteiger partial charge in [-0.3, -0.25) is 0 Å². The summed E-state index contributed by atoms with van der Waals surface area (Å²) in [6, 6.07) is 19.0. The maximum Gasteiger partial charge on any atom is 0.0690 e. The fourth-order valence-electron chi connectivity index (χ4n) is 3.40. The molecule has 3 aromatic rings. The highest BCUT2D eigenvalue weighted by molar-refractivity contribution is 5.54. The molecule has 0 radical (unpaired) electrons. The fourth-order valence-corrected chi connectivity index (χ4v) is 3.40. The maximum absolute atomic E-state index is 5.48. The molecule has 5 heteroatoms. The molecule has 1 aromatic heterocycles. The Kier molecular flexibility index (Phi) is 5.28. The van der Waals surface area contributed by atoms with Crippen molar-refractivity contribution in [3.63, 3.8) is 0 Å². The molecule has 0 unspecified atom stereocenters. The van der Waals surface area contributed by atoms with Crippen molar-refractivity contribution in [2.75, 3.05) is 31.2 Å². The van der Waals surface area contributed by atoms with E-state index < -0.39 is 0 Å². The van der Waals surface area contributed by atoms with Crippen molar-refractivity contribution in [2.24, 2.45) is 0 Å². The first kappa shape index (κ1) is 16.8. The zero-order chi connectivity index (χ0) is 17.6. The van der Waals surface area contributed by atoms with E-state index in [0.29, 0.717) is 0 Å². The Labute approximate surface area is 154 Å². The van der Waals surface area contributed by atoms with Crippen LogP contribution in [0.1, 0.15) is 11.1 Å². The minimum absolute atomic E-state index is 0.799. The second kappa shape index (κ2) is 8.17. The summed E-state index contributed by atoms with van der Waals surface area (Å²) in [7, 11) is 0. The van der Waals surface area contributed by atoms with Gasteiger partial charge in [-0.2, -0.15) is 5.10 Å². The summed E-state index contributed by atoms with van der Waals surface area (Å²) in [4.78, 5) is 2.41. The molecular formula is C21H24N4O. The van der Waals surface area contributed by atoms with Crippen molar-refractivity contribution >= 4 is 5.69 Å². The Bertz CT molecular complexity index is 826. The summed E-state index contributed by atoms with van der Waals surface area (Å²) in [6.45, 7) is 5.16. The second-order valence-electron chi connectivity index (χ2n) is 6.41. The minimum Gasteiger partial charge on any atom is -0.378 e. The molecule has 0 atom stereocenters. The first-order chi connectivity index (χ1) is 12.9. The second-order valence-corrected chi connectivity index (χ2v) is 6.41. The van der Waals surface area contributed by atoms with Crippen LogP contribution in [0.2, 0.25) is 0 Å². The molecular weight excluding hydrogens is 324 g/mol. The largest absolute Gasteiger partial charge is 0.378 e. The highest BCUT2D eigenvalue weighted by atomic mass is 16.5. The zero-order valence-corrected chi connectivity index (χ0v) is 14.8. The Hall–Kier alpha value is -2.63. The molecule has 0 bridgehead atoms. The number of anilines is 1. The van der Waals surface area contributed by atoms with Crippen molar-refractivity contribution in [3.05, 3.63) is 78.1 Å². The van der Waals surface area contributed by atoms with Gasteiger partial charge in [-0.25, -0.2) is 4.68 Å². The predicted octanol–water partition coefficient (Wildman–Crippen LogP) is 3.00. The van der Waals surface area contributed by atoms with Crippen LogP contribution in [0.25, 0.3) is 5.69 Å². The van der Waals surface area contributed by atoms with Gasteiger partial charge in [-0.05, 0) is 29.3 Å². The average Bonchev–Trinajstić information content (AvgIpc) is 3.24. The Morgan fingerprint density at radius 3 is 2.19 bits per heavy atom. The molecule has 1 aliphatic heterocycles. The topological polar surface area (TPSA) is 42.3 Å². The highest BCUT2D eigenvalue weighted by Crippen LogP contribution is 2.21. The van der Waals surface area contributed by atoms with E-state index in [1.807, 2.05) is 29.2 Å². The quantitative estimate of drug-likeness (QED) is 0.744. The first-order valence-electron chi connectivity index (χ1n) is 9.11. The number of nitrogens with one attached hydrogen (secondary N) is 1. The van der Waals surface area contributed by atoms with Crippen LogP contribution in [0.3, 0.4) is 0 Å². The van der Waals surface area contributed by atoms with Gasteiger partial charge >= 0.3 is 0 Å². The highest BCUT2D eigenvalue weighted by Gasteiger charge is 2.14. The minimum atomic E-state index is 0.799. The SMILES string of the molecule is c1ccc(N2CCOCC2)c(CNCc2ccccc2-n2cccn2)c1. The summed E-state index contributed by atoms with van der Waals surface area (Å²) >= 11 is 0. The van der Waals surface area contributed by atoms with E-state index in [1.165, 1.54) is 16.8 Å². The number of rotatable bonds is 6. The van der Waals surface area contributed by atoms with Gasteiger partial charge in [0.1, 0.15) is 0 Å². The molecule has 2 aromatic carbocycles. The molecule has 1 saturated heterocycles. The lowest BCUT2D eigenvalue weighted by Gasteiger charge is -2.30. The summed E-state index contributed by atoms with van der Waals surface area (Å²) < 4.78 is 7.40. The molecule has 0 aliphatic carbocycles. The monoisotopic (exact) mass is 348 g/mol. The van der Waals surface area contributed by atoms with Crippen molar-refractivity contribution < 1.29 is 4.74 Å². The average molecular weight is 348 g/mol. The number of ether oxygens (including phenoxy) is 1. The summed E-state index contributed by atoms with van der Waals surface area (Å²) in [6.07, 6.45) is 3.79. The summed E-state index contributed by atoms with van der Waals surface area (Å²) in [5.74, 6) is 0. The third kappa shape index (κ3) is 3.79. The van der Waals surface area contributed by atoms with Crippen LogP contribution in [0.15, 0.2) is 67.0 Å². The molecule has 1 aliphatic rings. The maximum atomic E-state index is 5.48. The van der Waals surface area contributed by atoms with Crippen LogP contribution >= 0.6 is 0 Å². The van der Waals surface area contributed by atoms with E-state index in [4.69, 9.17) is 4.74 Å². The first-order valence-corrected chi connectivity index (χ1v) is 9.11. The van der Waals surface area contributed by atoms with Crippen molar-refractivity contribution in [1.29, 1.82) is 0 Å². The third-order valence-corrected chi connectivity index (χ3v) is 4.72. The van der Waals surface area contributed by atoms with Crippen LogP contribution in [-0.4, -0.2) is 36.1 Å². The zero-order valence-electron chi connectivity index (χ0n) is 14.8.